The van der Waals surface area contributed by atoms with Gasteiger partial charge in [-0.15, -0.1) is 0 Å². The monoisotopic (exact) mass is 427 g/mol. The number of aryl methyl sites for hydroxylation is 2. The number of nitrogens with zero attached hydrogens (tertiary/aromatic N) is 4. The third-order valence-electron chi connectivity index (χ3n) is 6.35. The Morgan fingerprint density at radius 1 is 1.06 bits per heavy atom. The number of fused-ring (bicyclic) bond motifs is 1. The van der Waals surface area contributed by atoms with E-state index in [2.05, 4.69) is 18.3 Å². The number of rotatable bonds is 5. The van der Waals surface area contributed by atoms with E-state index >= 15 is 0 Å². The van der Waals surface area contributed by atoms with Crippen LogP contribution in [0, 0.1) is 13.8 Å². The molecule has 0 saturated heterocycles. The highest BCUT2D eigenvalue weighted by Crippen LogP contribution is 2.26. The molecule has 0 bridgehead atoms. The number of carbonyl (C=O) groups excluding carboxylic acids is 1. The molecule has 0 spiro atoms. The number of nitrogens with one attached hydrogen (secondary N) is 1. The van der Waals surface area contributed by atoms with Gasteiger partial charge in [0.25, 0.3) is 5.91 Å². The summed E-state index contributed by atoms with van der Waals surface area (Å²) >= 11 is 0. The molecule has 1 saturated carbocycles. The summed E-state index contributed by atoms with van der Waals surface area (Å²) in [5.74, 6) is 0.911. The van der Waals surface area contributed by atoms with Gasteiger partial charge in [-0.1, -0.05) is 31.4 Å². The Balaban J connectivity index is 1.40. The molecule has 1 aromatic carbocycles. The molecule has 3 heterocycles. The molecule has 0 radical (unpaired) electrons. The van der Waals surface area contributed by atoms with Crippen LogP contribution in [0.5, 0.6) is 0 Å². The van der Waals surface area contributed by atoms with Gasteiger partial charge < -0.3 is 9.88 Å². The third kappa shape index (κ3) is 4.05. The van der Waals surface area contributed by atoms with Crippen LogP contribution in [0.1, 0.15) is 59.3 Å². The number of benzene rings is 1. The van der Waals surface area contributed by atoms with Gasteiger partial charge in [0.1, 0.15) is 0 Å². The second-order valence-electron chi connectivity index (χ2n) is 8.86. The fourth-order valence-corrected chi connectivity index (χ4v) is 4.71. The molecule has 0 unspecified atom stereocenters. The Labute approximate surface area is 188 Å². The Morgan fingerprint density at radius 2 is 1.78 bits per heavy atom. The van der Waals surface area contributed by atoms with Gasteiger partial charge in [-0.05, 0) is 68.1 Å². The lowest BCUT2D eigenvalue weighted by Gasteiger charge is -2.22. The summed E-state index contributed by atoms with van der Waals surface area (Å²) < 4.78 is 3.99. The average molecular weight is 428 g/mol. The number of carbonyl (C=O) groups is 1. The minimum absolute atomic E-state index is 0.0239. The lowest BCUT2D eigenvalue weighted by atomic mass is 9.95. The molecule has 1 amide bonds. The summed E-state index contributed by atoms with van der Waals surface area (Å²) in [4.78, 5) is 17.4. The van der Waals surface area contributed by atoms with Crippen LogP contribution in [0.4, 0.5) is 0 Å². The van der Waals surface area contributed by atoms with Crippen LogP contribution in [0.2, 0.25) is 0 Å². The maximum atomic E-state index is 12.6. The zero-order chi connectivity index (χ0) is 22.1. The summed E-state index contributed by atoms with van der Waals surface area (Å²) in [5.41, 5.74) is 4.82. The quantitative estimate of drug-likeness (QED) is 0.490. The topological polar surface area (TPSA) is 64.7 Å². The van der Waals surface area contributed by atoms with Gasteiger partial charge in [-0.25, -0.2) is 9.67 Å². The van der Waals surface area contributed by atoms with Gasteiger partial charge in [-0.3, -0.25) is 4.79 Å². The number of pyridine rings is 1. The molecule has 1 aliphatic carbocycles. The zero-order valence-electron chi connectivity index (χ0n) is 18.7. The molecule has 6 heteroatoms. The number of aromatic nitrogens is 4. The van der Waals surface area contributed by atoms with Crippen LogP contribution in [0.25, 0.3) is 16.9 Å². The van der Waals surface area contributed by atoms with E-state index in [1.54, 1.807) is 0 Å². The Bertz CT molecular complexity index is 1230. The summed E-state index contributed by atoms with van der Waals surface area (Å²) in [6.45, 7) is 4.72. The highest BCUT2D eigenvalue weighted by Gasteiger charge is 2.18. The molecule has 0 atom stereocenters. The summed E-state index contributed by atoms with van der Waals surface area (Å²) in [6.07, 6.45) is 9.89. The number of amides is 1. The molecule has 1 N–H and O–H groups in total. The Morgan fingerprint density at radius 3 is 2.50 bits per heavy atom. The molecule has 1 aliphatic rings. The second kappa shape index (κ2) is 8.61. The first-order chi connectivity index (χ1) is 15.6. The van der Waals surface area contributed by atoms with Crippen molar-refractivity contribution in [2.75, 3.05) is 0 Å². The van der Waals surface area contributed by atoms with Crippen LogP contribution >= 0.6 is 0 Å². The fourth-order valence-electron chi connectivity index (χ4n) is 4.71. The van der Waals surface area contributed by atoms with Crippen molar-refractivity contribution >= 4 is 16.9 Å². The van der Waals surface area contributed by atoms with E-state index in [1.807, 2.05) is 65.0 Å². The predicted octanol–water partition coefficient (Wildman–Crippen LogP) is 4.95. The van der Waals surface area contributed by atoms with E-state index in [1.165, 1.54) is 19.3 Å². The first-order valence-electron chi connectivity index (χ1n) is 11.5. The maximum Gasteiger partial charge on any atom is 0.251 e. The van der Waals surface area contributed by atoms with E-state index in [4.69, 9.17) is 10.1 Å². The van der Waals surface area contributed by atoms with Gasteiger partial charge in [-0.2, -0.15) is 5.10 Å². The van der Waals surface area contributed by atoms with Crippen molar-refractivity contribution in [3.05, 3.63) is 77.2 Å². The minimum Gasteiger partial charge on any atom is -0.349 e. The summed E-state index contributed by atoms with van der Waals surface area (Å²) in [7, 11) is 0. The molecule has 3 aromatic heterocycles. The van der Waals surface area contributed by atoms with Crippen LogP contribution < -0.4 is 5.32 Å². The molecular weight excluding hydrogens is 398 g/mol. The lowest BCUT2D eigenvalue weighted by Crippen LogP contribution is -2.36. The molecular formula is C26H29N5O. The van der Waals surface area contributed by atoms with Crippen molar-refractivity contribution in [2.24, 2.45) is 0 Å². The van der Waals surface area contributed by atoms with Gasteiger partial charge in [0.2, 0.25) is 0 Å². The first kappa shape index (κ1) is 20.5. The smallest absolute Gasteiger partial charge is 0.251 e. The van der Waals surface area contributed by atoms with Crippen molar-refractivity contribution in [2.45, 2.75) is 58.5 Å². The molecule has 1 fully saturated rings. The van der Waals surface area contributed by atoms with Crippen molar-refractivity contribution in [3.8, 4) is 5.82 Å². The highest BCUT2D eigenvalue weighted by molar-refractivity contribution is 5.94. The van der Waals surface area contributed by atoms with Gasteiger partial charge in [0.05, 0.1) is 11.9 Å². The highest BCUT2D eigenvalue weighted by atomic mass is 16.1. The summed E-state index contributed by atoms with van der Waals surface area (Å²) in [6, 6.07) is 14.3. The SMILES string of the molecule is Cc1cc(C)c2c(-n3cccc3)nn(Cc3ccc(C(=O)NC4CCCCC4)cc3)c2n1. The van der Waals surface area contributed by atoms with E-state index in [-0.39, 0.29) is 5.91 Å². The van der Waals surface area contributed by atoms with E-state index in [0.29, 0.717) is 18.2 Å². The van der Waals surface area contributed by atoms with Crippen molar-refractivity contribution in [1.82, 2.24) is 24.6 Å². The van der Waals surface area contributed by atoms with Crippen LogP contribution in [-0.4, -0.2) is 31.3 Å². The van der Waals surface area contributed by atoms with Gasteiger partial charge >= 0.3 is 0 Å². The number of hydrogen-bond acceptors (Lipinski definition) is 3. The van der Waals surface area contributed by atoms with Gasteiger partial charge in [0.15, 0.2) is 11.5 Å². The molecule has 6 nitrogen and oxygen atoms in total. The zero-order valence-corrected chi connectivity index (χ0v) is 18.7. The minimum atomic E-state index is 0.0239. The maximum absolute atomic E-state index is 12.6. The largest absolute Gasteiger partial charge is 0.349 e. The Hall–Kier alpha value is -3.41. The molecule has 4 aromatic rings. The summed E-state index contributed by atoms with van der Waals surface area (Å²) in [5, 5.41) is 9.16. The lowest BCUT2D eigenvalue weighted by molar-refractivity contribution is 0.0927. The van der Waals surface area contributed by atoms with Crippen molar-refractivity contribution in [3.63, 3.8) is 0 Å². The van der Waals surface area contributed by atoms with E-state index < -0.39 is 0 Å². The van der Waals surface area contributed by atoms with Crippen LogP contribution in [0.3, 0.4) is 0 Å². The van der Waals surface area contributed by atoms with E-state index in [9.17, 15) is 4.79 Å². The fraction of sp³-hybridized carbons (Fsp3) is 0.346. The molecule has 5 rings (SSSR count). The van der Waals surface area contributed by atoms with Crippen molar-refractivity contribution < 1.29 is 4.79 Å². The number of hydrogen-bond donors (Lipinski definition) is 1. The van der Waals surface area contributed by atoms with E-state index in [0.717, 1.165) is 46.5 Å². The Kier molecular flexibility index (Phi) is 5.52. The van der Waals surface area contributed by atoms with Crippen LogP contribution in [0.15, 0.2) is 54.9 Å². The van der Waals surface area contributed by atoms with Gasteiger partial charge in [0, 0.05) is 29.7 Å². The standard InChI is InChI=1S/C26H29N5O/c1-18-16-19(2)27-24-23(18)25(30-14-6-7-15-30)29-31(24)17-20-10-12-21(13-11-20)26(32)28-22-8-4-3-5-9-22/h6-7,10-16,22H,3-5,8-9,17H2,1-2H3,(H,28,32). The predicted molar refractivity (Wildman–Crippen MR) is 126 cm³/mol. The molecule has 164 valence electrons. The third-order valence-corrected chi connectivity index (χ3v) is 6.35. The van der Waals surface area contributed by atoms with Crippen molar-refractivity contribution in [1.29, 1.82) is 0 Å². The molecule has 0 aliphatic heterocycles. The second-order valence-corrected chi connectivity index (χ2v) is 8.86. The average Bonchev–Trinajstić information content (AvgIpc) is 3.44. The van der Waals surface area contributed by atoms with Crippen LogP contribution in [-0.2, 0) is 6.54 Å². The first-order valence-corrected chi connectivity index (χ1v) is 11.5. The molecule has 32 heavy (non-hydrogen) atoms. The normalized spacial score (nSPS) is 14.7.